The maximum atomic E-state index is 4.88. The average Bonchev–Trinajstić information content (AvgIpc) is 2.40. The lowest BCUT2D eigenvalue weighted by Gasteiger charge is -2.31. The van der Waals surface area contributed by atoms with Gasteiger partial charge < -0.3 is 4.90 Å². The smallest absolute Gasteiger partial charge is 0.199 e. The number of hydrogen-bond donors (Lipinski definition) is 0. The number of rotatable bonds is 2. The summed E-state index contributed by atoms with van der Waals surface area (Å²) in [5.74, 6) is 0. The average molecular weight is 260 g/mol. The molecule has 0 amide bonds. The molecule has 0 unspecified atom stereocenters. The molecule has 0 aromatic carbocycles. The van der Waals surface area contributed by atoms with Gasteiger partial charge >= 0.3 is 0 Å². The van der Waals surface area contributed by atoms with E-state index >= 15 is 0 Å². The van der Waals surface area contributed by atoms with Crippen molar-refractivity contribution in [1.82, 2.24) is 4.90 Å². The summed E-state index contributed by atoms with van der Waals surface area (Å²) in [6.07, 6.45) is 13.5. The minimum atomic E-state index is 0.515. The number of allylic oxidation sites excluding steroid dienone is 4. The van der Waals surface area contributed by atoms with Gasteiger partial charge in [-0.05, 0) is 51.9 Å². The lowest BCUT2D eigenvalue weighted by Crippen LogP contribution is -2.33. The second kappa shape index (κ2) is 6.29. The Labute approximate surface area is 117 Å². The highest BCUT2D eigenvalue weighted by Crippen LogP contribution is 2.24. The molecule has 0 heterocycles. The first-order valence-corrected chi connectivity index (χ1v) is 7.21. The molecule has 0 N–H and O–H groups in total. The van der Waals surface area contributed by atoms with Gasteiger partial charge in [0.1, 0.15) is 14.1 Å². The van der Waals surface area contributed by atoms with Crippen LogP contribution in [0.1, 0.15) is 25.7 Å². The molecule has 0 aromatic heterocycles. The van der Waals surface area contributed by atoms with Crippen molar-refractivity contribution in [2.45, 2.75) is 37.8 Å². The zero-order valence-corrected chi connectivity index (χ0v) is 12.6. The number of aliphatic imine (C=N–C) groups is 1. The Balaban J connectivity index is 1.93. The predicted molar refractivity (Wildman–Crippen MR) is 82.6 cm³/mol. The van der Waals surface area contributed by atoms with Crippen molar-refractivity contribution in [2.75, 3.05) is 28.2 Å². The van der Waals surface area contributed by atoms with Crippen molar-refractivity contribution < 1.29 is 4.58 Å². The molecule has 2 aliphatic carbocycles. The Morgan fingerprint density at radius 3 is 2.05 bits per heavy atom. The summed E-state index contributed by atoms with van der Waals surface area (Å²) in [6, 6.07) is 1.27. The molecule has 0 radical (unpaired) electrons. The molecular formula is C16H26N3+. The summed E-state index contributed by atoms with van der Waals surface area (Å²) in [5.41, 5.74) is 2.36. The van der Waals surface area contributed by atoms with Crippen LogP contribution >= 0.6 is 0 Å². The van der Waals surface area contributed by atoms with Gasteiger partial charge in [0.2, 0.25) is 0 Å². The van der Waals surface area contributed by atoms with E-state index in [1.165, 1.54) is 31.4 Å². The summed E-state index contributed by atoms with van der Waals surface area (Å²) in [6.45, 7) is 0. The van der Waals surface area contributed by atoms with Crippen LogP contribution in [-0.2, 0) is 0 Å². The molecule has 3 nitrogen and oxygen atoms in total. The lowest BCUT2D eigenvalue weighted by atomic mass is 9.91. The highest BCUT2D eigenvalue weighted by atomic mass is 15.1. The van der Waals surface area contributed by atoms with Crippen LogP contribution in [0.15, 0.2) is 29.3 Å². The van der Waals surface area contributed by atoms with E-state index in [-0.39, 0.29) is 0 Å². The molecule has 0 aliphatic heterocycles. The van der Waals surface area contributed by atoms with Gasteiger partial charge in [-0.2, -0.15) is 0 Å². The summed E-state index contributed by atoms with van der Waals surface area (Å²) >= 11 is 0. The zero-order chi connectivity index (χ0) is 13.8. The molecule has 0 atom stereocenters. The van der Waals surface area contributed by atoms with E-state index in [4.69, 9.17) is 4.99 Å². The predicted octanol–water partition coefficient (Wildman–Crippen LogP) is 2.14. The first kappa shape index (κ1) is 14.2. The van der Waals surface area contributed by atoms with Crippen LogP contribution in [-0.4, -0.2) is 61.2 Å². The molecule has 1 fully saturated rings. The van der Waals surface area contributed by atoms with Gasteiger partial charge in [0.15, 0.2) is 5.71 Å². The van der Waals surface area contributed by atoms with E-state index in [9.17, 15) is 0 Å². The van der Waals surface area contributed by atoms with Gasteiger partial charge in [-0.1, -0.05) is 0 Å². The monoisotopic (exact) mass is 260 g/mol. The summed E-state index contributed by atoms with van der Waals surface area (Å²) in [5, 5.41) is 0. The summed E-state index contributed by atoms with van der Waals surface area (Å²) in [4.78, 5) is 7.22. The topological polar surface area (TPSA) is 18.6 Å². The van der Waals surface area contributed by atoms with Crippen LogP contribution in [0, 0.1) is 0 Å². The van der Waals surface area contributed by atoms with E-state index in [2.05, 4.69) is 62.0 Å². The summed E-state index contributed by atoms with van der Waals surface area (Å²) < 4.78 is 2.12. The molecule has 0 spiro atoms. The third-order valence-corrected chi connectivity index (χ3v) is 4.09. The maximum absolute atomic E-state index is 4.88. The quantitative estimate of drug-likeness (QED) is 0.550. The number of nitrogens with zero attached hydrogens (tertiary/aromatic N) is 3. The van der Waals surface area contributed by atoms with Gasteiger partial charge in [-0.25, -0.2) is 4.58 Å². The SMILES string of the molecule is CN(C)C1CCC(N=C2C=CC(=[N+](C)C)C=C2)CC1. The first-order valence-electron chi connectivity index (χ1n) is 7.21. The van der Waals surface area contributed by atoms with Crippen LogP contribution in [0.5, 0.6) is 0 Å². The molecule has 0 aromatic rings. The van der Waals surface area contributed by atoms with Crippen LogP contribution in [0.4, 0.5) is 0 Å². The van der Waals surface area contributed by atoms with E-state index in [1.807, 2.05) is 0 Å². The highest BCUT2D eigenvalue weighted by Gasteiger charge is 2.22. The zero-order valence-electron chi connectivity index (χ0n) is 12.6. The maximum Gasteiger partial charge on any atom is 0.199 e. The second-order valence-corrected chi connectivity index (χ2v) is 5.97. The molecule has 0 saturated heterocycles. The van der Waals surface area contributed by atoms with Crippen molar-refractivity contribution in [1.29, 1.82) is 0 Å². The van der Waals surface area contributed by atoms with Crippen LogP contribution in [0.2, 0.25) is 0 Å². The Morgan fingerprint density at radius 1 is 1.00 bits per heavy atom. The van der Waals surface area contributed by atoms with Crippen molar-refractivity contribution in [3.8, 4) is 0 Å². The molecule has 104 valence electrons. The second-order valence-electron chi connectivity index (χ2n) is 5.97. The summed E-state index contributed by atoms with van der Waals surface area (Å²) in [7, 11) is 8.49. The fourth-order valence-corrected chi connectivity index (χ4v) is 2.75. The van der Waals surface area contributed by atoms with Gasteiger partial charge in [-0.15, -0.1) is 0 Å². The highest BCUT2D eigenvalue weighted by molar-refractivity contribution is 6.16. The van der Waals surface area contributed by atoms with E-state index in [1.54, 1.807) is 0 Å². The Morgan fingerprint density at radius 2 is 1.58 bits per heavy atom. The first-order chi connectivity index (χ1) is 9.06. The Bertz CT molecular complexity index is 411. The molecular weight excluding hydrogens is 234 g/mol. The van der Waals surface area contributed by atoms with Crippen molar-refractivity contribution in [3.63, 3.8) is 0 Å². The van der Waals surface area contributed by atoms with Gasteiger partial charge in [0.05, 0.1) is 11.8 Å². The fraction of sp³-hybridized carbons (Fsp3) is 0.625. The molecule has 2 aliphatic rings. The van der Waals surface area contributed by atoms with E-state index < -0.39 is 0 Å². The molecule has 2 rings (SSSR count). The van der Waals surface area contributed by atoms with Crippen molar-refractivity contribution in [3.05, 3.63) is 24.3 Å². The van der Waals surface area contributed by atoms with Crippen molar-refractivity contribution >= 4 is 11.4 Å². The molecule has 0 bridgehead atoms. The van der Waals surface area contributed by atoms with Gasteiger partial charge in [-0.3, -0.25) is 4.99 Å². The minimum Gasteiger partial charge on any atom is -0.306 e. The normalized spacial score (nSPS) is 27.0. The Hall–Kier alpha value is -1.22. The minimum absolute atomic E-state index is 0.515. The third kappa shape index (κ3) is 3.87. The van der Waals surface area contributed by atoms with Crippen molar-refractivity contribution in [2.24, 2.45) is 4.99 Å². The van der Waals surface area contributed by atoms with Crippen LogP contribution < -0.4 is 0 Å². The van der Waals surface area contributed by atoms with E-state index in [0.717, 1.165) is 11.8 Å². The van der Waals surface area contributed by atoms with Gasteiger partial charge in [0, 0.05) is 18.2 Å². The molecule has 1 saturated carbocycles. The number of hydrogen-bond acceptors (Lipinski definition) is 2. The standard InChI is InChI=1S/C16H26N3/c1-18(2)15-9-5-13(6-10-15)17-14-7-11-16(12-8-14)19(3)4/h5-6,9-10,14,16H,7-8,11-12H2,1-4H3/q+1. The van der Waals surface area contributed by atoms with Crippen LogP contribution in [0.25, 0.3) is 0 Å². The molecule has 19 heavy (non-hydrogen) atoms. The fourth-order valence-electron chi connectivity index (χ4n) is 2.75. The van der Waals surface area contributed by atoms with Crippen LogP contribution in [0.3, 0.4) is 0 Å². The Kier molecular flexibility index (Phi) is 4.70. The van der Waals surface area contributed by atoms with E-state index in [0.29, 0.717) is 6.04 Å². The molecule has 3 heteroatoms. The lowest BCUT2D eigenvalue weighted by molar-refractivity contribution is -0.462. The van der Waals surface area contributed by atoms with Gasteiger partial charge in [0.25, 0.3) is 0 Å². The largest absolute Gasteiger partial charge is 0.306 e. The third-order valence-electron chi connectivity index (χ3n) is 4.09.